The monoisotopic (exact) mass is 364 g/mol. The summed E-state index contributed by atoms with van der Waals surface area (Å²) in [6.07, 6.45) is 4.38. The third kappa shape index (κ3) is 3.74. The fourth-order valence-electron chi connectivity index (χ4n) is 3.94. The molecule has 2 aromatic carbocycles. The summed E-state index contributed by atoms with van der Waals surface area (Å²) in [7, 11) is -2.51. The van der Waals surface area contributed by atoms with Gasteiger partial charge in [-0.3, -0.25) is 4.79 Å². The van der Waals surface area contributed by atoms with E-state index >= 15 is 0 Å². The van der Waals surface area contributed by atoms with Crippen LogP contribution in [0.4, 0.5) is 0 Å². The highest BCUT2D eigenvalue weighted by Gasteiger charge is 2.50. The summed E-state index contributed by atoms with van der Waals surface area (Å²) in [5, 5.41) is 2.53. The molecule has 0 N–H and O–H groups in total. The van der Waals surface area contributed by atoms with Gasteiger partial charge in [0.05, 0.1) is 6.61 Å². The number of hydrogen-bond acceptors (Lipinski definition) is 2. The van der Waals surface area contributed by atoms with Crippen molar-refractivity contribution in [3.8, 4) is 0 Å². The Morgan fingerprint density at radius 2 is 1.42 bits per heavy atom. The van der Waals surface area contributed by atoms with Gasteiger partial charge in [0.15, 0.2) is 5.78 Å². The predicted molar refractivity (Wildman–Crippen MR) is 111 cm³/mol. The molecule has 0 spiro atoms. The van der Waals surface area contributed by atoms with E-state index < -0.39 is 8.32 Å². The second kappa shape index (κ2) is 7.73. The molecule has 0 aromatic heterocycles. The summed E-state index contributed by atoms with van der Waals surface area (Å²) in [5.41, 5.74) is 1.13. The highest BCUT2D eigenvalue weighted by atomic mass is 28.4. The molecule has 0 unspecified atom stereocenters. The van der Waals surface area contributed by atoms with Crippen LogP contribution in [-0.4, -0.2) is 20.7 Å². The van der Waals surface area contributed by atoms with Gasteiger partial charge < -0.3 is 4.43 Å². The molecular weight excluding hydrogens is 336 g/mol. The zero-order chi connectivity index (χ0) is 18.6. The van der Waals surface area contributed by atoms with Gasteiger partial charge in [0.2, 0.25) is 0 Å². The van der Waals surface area contributed by atoms with E-state index in [2.05, 4.69) is 81.4 Å². The topological polar surface area (TPSA) is 26.3 Å². The average molecular weight is 365 g/mol. The number of ketones is 1. The lowest BCUT2D eigenvalue weighted by Gasteiger charge is -2.43. The van der Waals surface area contributed by atoms with Crippen LogP contribution in [0, 0.1) is 0 Å². The van der Waals surface area contributed by atoms with Gasteiger partial charge in [0.1, 0.15) is 0 Å². The molecule has 0 saturated heterocycles. The molecule has 26 heavy (non-hydrogen) atoms. The molecule has 136 valence electrons. The minimum absolute atomic E-state index is 0.0328. The van der Waals surface area contributed by atoms with Gasteiger partial charge in [-0.05, 0) is 39.9 Å². The first-order valence-corrected chi connectivity index (χ1v) is 11.3. The lowest BCUT2D eigenvalue weighted by molar-refractivity contribution is -0.115. The van der Waals surface area contributed by atoms with Crippen molar-refractivity contribution in [3.63, 3.8) is 0 Å². The van der Waals surface area contributed by atoms with Crippen LogP contribution < -0.4 is 10.4 Å². The molecule has 0 fully saturated rings. The van der Waals surface area contributed by atoms with E-state index in [1.54, 1.807) is 6.08 Å². The smallest absolute Gasteiger partial charge is 0.261 e. The van der Waals surface area contributed by atoms with Crippen LogP contribution in [0.15, 0.2) is 72.3 Å². The maximum Gasteiger partial charge on any atom is 0.261 e. The van der Waals surface area contributed by atoms with E-state index in [0.717, 1.165) is 18.4 Å². The van der Waals surface area contributed by atoms with Crippen LogP contribution in [0.2, 0.25) is 5.04 Å². The van der Waals surface area contributed by atoms with Crippen LogP contribution in [0.1, 0.15) is 40.0 Å². The minimum atomic E-state index is -2.51. The number of allylic oxidation sites excluding steroid dienone is 1. The standard InChI is InChI=1S/C23H28O2Si/c1-23(2,3)26(21-13-6-4-7-14-21,22-15-8-5-9-16-22)25-18-19-11-10-12-20(24)17-19/h4-9,13-17H,10-12,18H2,1-3H3. The summed E-state index contributed by atoms with van der Waals surface area (Å²) >= 11 is 0. The first kappa shape index (κ1) is 18.8. The summed E-state index contributed by atoms with van der Waals surface area (Å²) in [6, 6.07) is 21.3. The molecule has 1 aliphatic carbocycles. The van der Waals surface area contributed by atoms with Crippen LogP contribution in [0.3, 0.4) is 0 Å². The number of carbonyl (C=O) groups is 1. The van der Waals surface area contributed by atoms with Crippen molar-refractivity contribution < 1.29 is 9.22 Å². The maximum absolute atomic E-state index is 11.8. The van der Waals surface area contributed by atoms with Crippen molar-refractivity contribution in [2.24, 2.45) is 0 Å². The van der Waals surface area contributed by atoms with Gasteiger partial charge in [0.25, 0.3) is 8.32 Å². The second-order valence-electron chi connectivity index (χ2n) is 8.07. The van der Waals surface area contributed by atoms with Gasteiger partial charge in [-0.25, -0.2) is 0 Å². The highest BCUT2D eigenvalue weighted by Crippen LogP contribution is 2.37. The Hall–Kier alpha value is -1.97. The molecular formula is C23H28O2Si. The normalized spacial score (nSPS) is 15.7. The Balaban J connectivity index is 2.07. The van der Waals surface area contributed by atoms with Gasteiger partial charge in [0, 0.05) is 6.42 Å². The third-order valence-corrected chi connectivity index (χ3v) is 10.2. The quantitative estimate of drug-likeness (QED) is 0.742. The fraction of sp³-hybridized carbons (Fsp3) is 0.348. The zero-order valence-electron chi connectivity index (χ0n) is 16.0. The summed E-state index contributed by atoms with van der Waals surface area (Å²) < 4.78 is 6.87. The first-order chi connectivity index (χ1) is 12.4. The molecule has 0 atom stereocenters. The maximum atomic E-state index is 11.8. The Morgan fingerprint density at radius 1 is 0.885 bits per heavy atom. The summed E-state index contributed by atoms with van der Waals surface area (Å²) in [6.45, 7) is 7.37. The Bertz CT molecular complexity index is 733. The van der Waals surface area contributed by atoms with Gasteiger partial charge in [-0.1, -0.05) is 81.4 Å². The van der Waals surface area contributed by atoms with Crippen LogP contribution in [0.25, 0.3) is 0 Å². The molecule has 3 heteroatoms. The zero-order valence-corrected chi connectivity index (χ0v) is 17.0. The molecule has 0 amide bonds. The molecule has 3 rings (SSSR count). The van der Waals surface area contributed by atoms with Crippen molar-refractivity contribution in [2.45, 2.75) is 45.1 Å². The van der Waals surface area contributed by atoms with Crippen LogP contribution >= 0.6 is 0 Å². The van der Waals surface area contributed by atoms with Crippen molar-refractivity contribution in [2.75, 3.05) is 6.61 Å². The van der Waals surface area contributed by atoms with Gasteiger partial charge in [-0.15, -0.1) is 0 Å². The Kier molecular flexibility index (Phi) is 5.59. The van der Waals surface area contributed by atoms with Gasteiger partial charge in [-0.2, -0.15) is 0 Å². The van der Waals surface area contributed by atoms with E-state index in [1.807, 2.05) is 0 Å². The molecule has 2 aromatic rings. The molecule has 0 aliphatic heterocycles. The lowest BCUT2D eigenvalue weighted by atomic mass is 9.99. The highest BCUT2D eigenvalue weighted by molar-refractivity contribution is 6.99. The van der Waals surface area contributed by atoms with Crippen LogP contribution in [0.5, 0.6) is 0 Å². The molecule has 1 aliphatic rings. The Morgan fingerprint density at radius 3 is 1.88 bits per heavy atom. The summed E-state index contributed by atoms with van der Waals surface area (Å²) in [4.78, 5) is 11.8. The summed E-state index contributed by atoms with van der Waals surface area (Å²) in [5.74, 6) is 0.234. The van der Waals surface area contributed by atoms with E-state index in [9.17, 15) is 4.79 Å². The minimum Gasteiger partial charge on any atom is -0.403 e. The molecule has 2 nitrogen and oxygen atoms in total. The predicted octanol–water partition coefficient (Wildman–Crippen LogP) is 4.24. The van der Waals surface area contributed by atoms with E-state index in [4.69, 9.17) is 4.43 Å². The number of benzene rings is 2. The number of carbonyl (C=O) groups excluding carboxylic acids is 1. The van der Waals surface area contributed by atoms with E-state index in [-0.39, 0.29) is 10.8 Å². The number of hydrogen-bond donors (Lipinski definition) is 0. The lowest BCUT2D eigenvalue weighted by Crippen LogP contribution is -2.66. The molecule has 0 radical (unpaired) electrons. The average Bonchev–Trinajstić information content (AvgIpc) is 2.63. The van der Waals surface area contributed by atoms with Crippen molar-refractivity contribution in [3.05, 3.63) is 72.3 Å². The van der Waals surface area contributed by atoms with Crippen molar-refractivity contribution >= 4 is 24.5 Å². The third-order valence-electron chi connectivity index (χ3n) is 5.18. The Labute approximate surface area is 158 Å². The number of rotatable bonds is 5. The first-order valence-electron chi connectivity index (χ1n) is 9.41. The SMILES string of the molecule is CC(C)(C)[Si](OCC1=CC(=O)CCC1)(c1ccccc1)c1ccccc1. The fourth-order valence-corrected chi connectivity index (χ4v) is 8.50. The van der Waals surface area contributed by atoms with Crippen LogP contribution in [-0.2, 0) is 9.22 Å². The van der Waals surface area contributed by atoms with E-state index in [1.165, 1.54) is 10.4 Å². The molecule has 0 bridgehead atoms. The molecule has 0 heterocycles. The van der Waals surface area contributed by atoms with Crippen molar-refractivity contribution in [1.82, 2.24) is 0 Å². The van der Waals surface area contributed by atoms with E-state index in [0.29, 0.717) is 13.0 Å². The second-order valence-corrected chi connectivity index (χ2v) is 12.4. The van der Waals surface area contributed by atoms with Crippen molar-refractivity contribution in [1.29, 1.82) is 0 Å². The largest absolute Gasteiger partial charge is 0.403 e. The van der Waals surface area contributed by atoms with Gasteiger partial charge >= 0.3 is 0 Å². The molecule has 0 saturated carbocycles.